The van der Waals surface area contributed by atoms with Gasteiger partial charge in [-0.2, -0.15) is 0 Å². The summed E-state index contributed by atoms with van der Waals surface area (Å²) in [6, 6.07) is 18.3. The Morgan fingerprint density at radius 3 is 2.19 bits per heavy atom. The normalized spacial score (nSPS) is 17.6. The first-order valence-corrected chi connectivity index (χ1v) is 7.80. The fraction of sp³-hybridized carbons (Fsp3) is 0.333. The van der Waals surface area contributed by atoms with E-state index in [4.69, 9.17) is 16.3 Å². The minimum atomic E-state index is -0.0356. The van der Waals surface area contributed by atoms with Crippen LogP contribution in [0.4, 0.5) is 0 Å². The molecule has 1 atom stereocenters. The minimum Gasteiger partial charge on any atom is -0.365 e. The van der Waals surface area contributed by atoms with Crippen LogP contribution in [0.3, 0.4) is 0 Å². The molecule has 21 heavy (non-hydrogen) atoms. The molecule has 1 aliphatic rings. The van der Waals surface area contributed by atoms with Gasteiger partial charge in [-0.1, -0.05) is 54.1 Å². The summed E-state index contributed by atoms with van der Waals surface area (Å²) in [6.45, 7) is 1.82. The molecule has 1 heterocycles. The molecule has 0 aliphatic carbocycles. The van der Waals surface area contributed by atoms with Gasteiger partial charge in [-0.05, 0) is 36.1 Å². The standard InChI is InChI=1S/C18H19ClNO/c19-16-8-6-15(7-9-16)18(14-4-2-1-3-5-14)21-17-10-12-20-13-11-17/h1-9,17-18H,10-13H2. The number of benzene rings is 2. The van der Waals surface area contributed by atoms with Gasteiger partial charge >= 0.3 is 0 Å². The molecular formula is C18H19ClNO. The molecule has 1 aliphatic heterocycles. The van der Waals surface area contributed by atoms with E-state index in [1.54, 1.807) is 0 Å². The number of rotatable bonds is 4. The maximum Gasteiger partial charge on any atom is 0.108 e. The van der Waals surface area contributed by atoms with Gasteiger partial charge in [0.2, 0.25) is 0 Å². The third kappa shape index (κ3) is 3.85. The predicted molar refractivity (Wildman–Crippen MR) is 85.7 cm³/mol. The van der Waals surface area contributed by atoms with E-state index in [2.05, 4.69) is 29.6 Å². The predicted octanol–water partition coefficient (Wildman–Crippen LogP) is 4.21. The van der Waals surface area contributed by atoms with E-state index in [0.717, 1.165) is 36.5 Å². The molecule has 1 unspecified atom stereocenters. The summed E-state index contributed by atoms with van der Waals surface area (Å²) in [5.74, 6) is 0. The lowest BCUT2D eigenvalue weighted by Gasteiger charge is -2.28. The van der Waals surface area contributed by atoms with E-state index in [-0.39, 0.29) is 12.2 Å². The Bertz CT molecular complexity index is 549. The number of ether oxygens (including phenoxy) is 1. The smallest absolute Gasteiger partial charge is 0.108 e. The molecule has 1 saturated heterocycles. The summed E-state index contributed by atoms with van der Waals surface area (Å²) in [5.41, 5.74) is 2.33. The lowest BCUT2D eigenvalue weighted by atomic mass is 10.0. The Kier molecular flexibility index (Phi) is 4.91. The molecule has 1 fully saturated rings. The molecule has 0 aromatic heterocycles. The highest BCUT2D eigenvalue weighted by Gasteiger charge is 2.22. The van der Waals surface area contributed by atoms with Crippen molar-refractivity contribution in [3.05, 3.63) is 70.7 Å². The van der Waals surface area contributed by atoms with Crippen molar-refractivity contribution in [2.24, 2.45) is 0 Å². The first-order valence-electron chi connectivity index (χ1n) is 7.42. The Labute approximate surface area is 131 Å². The first-order chi connectivity index (χ1) is 10.3. The zero-order valence-corrected chi connectivity index (χ0v) is 12.7. The minimum absolute atomic E-state index is 0.0356. The summed E-state index contributed by atoms with van der Waals surface area (Å²) < 4.78 is 6.40. The van der Waals surface area contributed by atoms with Gasteiger partial charge < -0.3 is 4.74 Å². The van der Waals surface area contributed by atoms with Crippen molar-refractivity contribution < 1.29 is 4.74 Å². The van der Waals surface area contributed by atoms with Crippen molar-refractivity contribution in [3.63, 3.8) is 0 Å². The summed E-state index contributed by atoms with van der Waals surface area (Å²) in [6.07, 6.45) is 2.27. The zero-order chi connectivity index (χ0) is 14.5. The molecule has 3 heteroatoms. The molecular weight excluding hydrogens is 282 g/mol. The lowest BCUT2D eigenvalue weighted by molar-refractivity contribution is -0.00849. The van der Waals surface area contributed by atoms with E-state index in [9.17, 15) is 0 Å². The summed E-state index contributed by atoms with van der Waals surface area (Å²) in [4.78, 5) is 0. The molecule has 2 aromatic carbocycles. The summed E-state index contributed by atoms with van der Waals surface area (Å²) in [7, 11) is 0. The van der Waals surface area contributed by atoms with Crippen molar-refractivity contribution in [2.45, 2.75) is 25.0 Å². The van der Waals surface area contributed by atoms with Gasteiger partial charge in [-0.3, -0.25) is 0 Å². The highest BCUT2D eigenvalue weighted by molar-refractivity contribution is 6.30. The van der Waals surface area contributed by atoms with Crippen LogP contribution in [0.2, 0.25) is 5.02 Å². The van der Waals surface area contributed by atoms with Crippen LogP contribution >= 0.6 is 11.6 Å². The van der Waals surface area contributed by atoms with Crippen molar-refractivity contribution in [3.8, 4) is 0 Å². The van der Waals surface area contributed by atoms with Gasteiger partial charge in [0.1, 0.15) is 6.10 Å². The van der Waals surface area contributed by atoms with Gasteiger partial charge in [0, 0.05) is 18.1 Å². The Balaban J connectivity index is 1.85. The highest BCUT2D eigenvalue weighted by atomic mass is 35.5. The molecule has 3 rings (SSSR count). The topological polar surface area (TPSA) is 23.3 Å². The lowest BCUT2D eigenvalue weighted by Crippen LogP contribution is -2.29. The zero-order valence-electron chi connectivity index (χ0n) is 11.9. The molecule has 2 aromatic rings. The van der Waals surface area contributed by atoms with E-state index in [1.807, 2.05) is 30.3 Å². The van der Waals surface area contributed by atoms with Crippen molar-refractivity contribution in [2.75, 3.05) is 13.1 Å². The number of piperidine rings is 1. The highest BCUT2D eigenvalue weighted by Crippen LogP contribution is 2.30. The van der Waals surface area contributed by atoms with Gasteiger partial charge in [-0.25, -0.2) is 5.32 Å². The third-order valence-corrected chi connectivity index (χ3v) is 4.07. The molecule has 0 spiro atoms. The van der Waals surface area contributed by atoms with Crippen LogP contribution < -0.4 is 5.32 Å². The average Bonchev–Trinajstić information content (AvgIpc) is 2.55. The molecule has 0 N–H and O–H groups in total. The van der Waals surface area contributed by atoms with Gasteiger partial charge in [0.25, 0.3) is 0 Å². The maximum atomic E-state index is 6.40. The van der Waals surface area contributed by atoms with Gasteiger partial charge in [0.05, 0.1) is 6.10 Å². The van der Waals surface area contributed by atoms with Crippen LogP contribution in [0.15, 0.2) is 54.6 Å². The van der Waals surface area contributed by atoms with Crippen LogP contribution in [-0.4, -0.2) is 19.2 Å². The van der Waals surface area contributed by atoms with Crippen LogP contribution in [0.5, 0.6) is 0 Å². The van der Waals surface area contributed by atoms with Crippen LogP contribution in [0.25, 0.3) is 0 Å². The van der Waals surface area contributed by atoms with Crippen molar-refractivity contribution >= 4 is 11.6 Å². The number of hydrogen-bond donors (Lipinski definition) is 0. The summed E-state index contributed by atoms with van der Waals surface area (Å²) in [5, 5.41) is 5.15. The quantitative estimate of drug-likeness (QED) is 0.829. The van der Waals surface area contributed by atoms with E-state index >= 15 is 0 Å². The number of halogens is 1. The Morgan fingerprint density at radius 1 is 0.905 bits per heavy atom. The second-order valence-corrected chi connectivity index (χ2v) is 5.78. The Morgan fingerprint density at radius 2 is 1.52 bits per heavy atom. The number of hydrogen-bond acceptors (Lipinski definition) is 1. The van der Waals surface area contributed by atoms with Gasteiger partial charge in [-0.15, -0.1) is 0 Å². The SMILES string of the molecule is Clc1ccc(C(OC2CC[N]CC2)c2ccccc2)cc1. The molecule has 1 radical (unpaired) electrons. The molecule has 109 valence electrons. The monoisotopic (exact) mass is 300 g/mol. The second-order valence-electron chi connectivity index (χ2n) is 5.35. The second kappa shape index (κ2) is 7.08. The fourth-order valence-corrected chi connectivity index (χ4v) is 2.80. The fourth-order valence-electron chi connectivity index (χ4n) is 2.67. The molecule has 2 nitrogen and oxygen atoms in total. The van der Waals surface area contributed by atoms with Crippen LogP contribution in [0, 0.1) is 0 Å². The average molecular weight is 301 g/mol. The van der Waals surface area contributed by atoms with E-state index in [1.165, 1.54) is 5.56 Å². The molecule has 0 bridgehead atoms. The Hall–Kier alpha value is -1.35. The van der Waals surface area contributed by atoms with Crippen molar-refractivity contribution in [1.82, 2.24) is 5.32 Å². The molecule has 0 amide bonds. The maximum absolute atomic E-state index is 6.40. The first kappa shape index (κ1) is 14.6. The van der Waals surface area contributed by atoms with Crippen LogP contribution in [0.1, 0.15) is 30.1 Å². The third-order valence-electron chi connectivity index (χ3n) is 3.82. The van der Waals surface area contributed by atoms with Gasteiger partial charge in [0.15, 0.2) is 0 Å². The van der Waals surface area contributed by atoms with E-state index < -0.39 is 0 Å². The van der Waals surface area contributed by atoms with Crippen LogP contribution in [-0.2, 0) is 4.74 Å². The van der Waals surface area contributed by atoms with Crippen molar-refractivity contribution in [1.29, 1.82) is 0 Å². The summed E-state index contributed by atoms with van der Waals surface area (Å²) >= 11 is 6.00. The van der Waals surface area contributed by atoms with E-state index in [0.29, 0.717) is 0 Å². The molecule has 0 saturated carbocycles. The largest absolute Gasteiger partial charge is 0.365 e. The number of nitrogens with zero attached hydrogens (tertiary/aromatic N) is 1.